The van der Waals surface area contributed by atoms with E-state index in [1.165, 1.54) is 5.56 Å². The molecule has 0 bridgehead atoms. The van der Waals surface area contributed by atoms with Crippen molar-refractivity contribution in [1.29, 1.82) is 0 Å². The highest BCUT2D eigenvalue weighted by molar-refractivity contribution is 5.90. The van der Waals surface area contributed by atoms with Gasteiger partial charge in [0.1, 0.15) is 24.7 Å². The average molecular weight is 367 g/mol. The molecule has 27 heavy (non-hydrogen) atoms. The number of amides is 1. The summed E-state index contributed by atoms with van der Waals surface area (Å²) in [6.07, 6.45) is 1.02. The van der Waals surface area contributed by atoms with E-state index in [2.05, 4.69) is 33.0 Å². The number of nitrogens with zero attached hydrogens (tertiary/aromatic N) is 3. The molecule has 1 aromatic carbocycles. The molecule has 0 aliphatic carbocycles. The number of carbonyl (C=O) groups excluding carboxylic acids is 1. The van der Waals surface area contributed by atoms with Gasteiger partial charge in [-0.25, -0.2) is 4.98 Å². The number of nitrogens with two attached hydrogens (primary N) is 1. The first-order valence-corrected chi connectivity index (χ1v) is 9.23. The van der Waals surface area contributed by atoms with Crippen LogP contribution in [0.1, 0.15) is 22.5 Å². The Morgan fingerprint density at radius 3 is 2.81 bits per heavy atom. The molecule has 1 saturated heterocycles. The minimum atomic E-state index is -0.549. The summed E-state index contributed by atoms with van der Waals surface area (Å²) in [4.78, 5) is 20.3. The molecule has 7 heteroatoms. The molecule has 7 nitrogen and oxygen atoms in total. The van der Waals surface area contributed by atoms with Gasteiger partial charge in [-0.3, -0.25) is 9.69 Å². The van der Waals surface area contributed by atoms with Crippen molar-refractivity contribution in [3.8, 4) is 11.5 Å². The van der Waals surface area contributed by atoms with Crippen molar-refractivity contribution in [2.24, 2.45) is 5.73 Å². The molecule has 0 saturated carbocycles. The van der Waals surface area contributed by atoms with Crippen LogP contribution in [0, 0.1) is 6.07 Å². The van der Waals surface area contributed by atoms with E-state index in [0.29, 0.717) is 13.2 Å². The molecule has 1 fully saturated rings. The second-order valence-corrected chi connectivity index (χ2v) is 6.76. The van der Waals surface area contributed by atoms with Crippen molar-refractivity contribution < 1.29 is 14.3 Å². The van der Waals surface area contributed by atoms with Crippen LogP contribution in [0.2, 0.25) is 0 Å². The third kappa shape index (κ3) is 4.14. The topological polar surface area (TPSA) is 80.9 Å². The van der Waals surface area contributed by atoms with Gasteiger partial charge >= 0.3 is 0 Å². The summed E-state index contributed by atoms with van der Waals surface area (Å²) >= 11 is 0. The molecule has 2 N–H and O–H groups in total. The lowest BCUT2D eigenvalue weighted by Gasteiger charge is -2.24. The second-order valence-electron chi connectivity index (χ2n) is 6.76. The Kier molecular flexibility index (Phi) is 5.11. The quantitative estimate of drug-likeness (QED) is 0.881. The van der Waals surface area contributed by atoms with Crippen molar-refractivity contribution in [3.05, 3.63) is 47.7 Å². The van der Waals surface area contributed by atoms with E-state index in [1.807, 2.05) is 12.1 Å². The fourth-order valence-corrected chi connectivity index (χ4v) is 3.48. The summed E-state index contributed by atoms with van der Waals surface area (Å²) < 4.78 is 11.3. The number of benzene rings is 1. The van der Waals surface area contributed by atoms with Crippen LogP contribution in [-0.4, -0.2) is 55.2 Å². The van der Waals surface area contributed by atoms with Gasteiger partial charge in [-0.15, -0.1) is 0 Å². The van der Waals surface area contributed by atoms with Gasteiger partial charge in [0.2, 0.25) is 0 Å². The summed E-state index contributed by atoms with van der Waals surface area (Å²) in [5.41, 5.74) is 6.72. The van der Waals surface area contributed by atoms with Crippen LogP contribution in [0.25, 0.3) is 0 Å². The van der Waals surface area contributed by atoms with Crippen molar-refractivity contribution in [3.63, 3.8) is 0 Å². The lowest BCUT2D eigenvalue weighted by Crippen LogP contribution is -2.31. The predicted molar refractivity (Wildman–Crippen MR) is 101 cm³/mol. The van der Waals surface area contributed by atoms with E-state index < -0.39 is 5.91 Å². The molecule has 2 aliphatic rings. The molecule has 4 rings (SSSR count). The van der Waals surface area contributed by atoms with Crippen LogP contribution in [-0.2, 0) is 6.54 Å². The van der Waals surface area contributed by atoms with E-state index in [1.54, 1.807) is 6.07 Å². The average Bonchev–Trinajstić information content (AvgIpc) is 2.93. The number of fused-ring (bicyclic) bond motifs is 1. The molecule has 3 heterocycles. The number of hydrogen-bond acceptors (Lipinski definition) is 6. The van der Waals surface area contributed by atoms with Crippen LogP contribution < -0.4 is 20.1 Å². The lowest BCUT2D eigenvalue weighted by molar-refractivity contribution is 0.0995. The zero-order valence-corrected chi connectivity index (χ0v) is 15.2. The Morgan fingerprint density at radius 2 is 1.96 bits per heavy atom. The van der Waals surface area contributed by atoms with Gasteiger partial charge in [-0.05, 0) is 36.2 Å². The molecular formula is C20H23N4O3. The minimum Gasteiger partial charge on any atom is -0.486 e. The van der Waals surface area contributed by atoms with Gasteiger partial charge in [-0.2, -0.15) is 0 Å². The lowest BCUT2D eigenvalue weighted by atomic mass is 10.1. The SMILES string of the molecule is NC(=O)c1[c]ccc(N2CCCN(Cc3ccc4c(c3)OCCO4)CC2)n1. The second kappa shape index (κ2) is 7.84. The third-order valence-corrected chi connectivity index (χ3v) is 4.84. The zero-order valence-electron chi connectivity index (χ0n) is 15.2. The van der Waals surface area contributed by atoms with Gasteiger partial charge in [-0.1, -0.05) is 6.07 Å². The molecule has 0 atom stereocenters. The molecular weight excluding hydrogens is 344 g/mol. The maximum absolute atomic E-state index is 11.3. The summed E-state index contributed by atoms with van der Waals surface area (Å²) in [5, 5.41) is 0. The number of carbonyl (C=O) groups is 1. The molecule has 0 unspecified atom stereocenters. The van der Waals surface area contributed by atoms with Gasteiger partial charge in [0.05, 0.1) is 0 Å². The molecule has 1 radical (unpaired) electrons. The zero-order chi connectivity index (χ0) is 18.6. The summed E-state index contributed by atoms with van der Waals surface area (Å²) in [7, 11) is 0. The van der Waals surface area contributed by atoms with Gasteiger partial charge in [0, 0.05) is 38.8 Å². The maximum Gasteiger partial charge on any atom is 0.268 e. The number of ether oxygens (including phenoxy) is 2. The maximum atomic E-state index is 11.3. The monoisotopic (exact) mass is 367 g/mol. The van der Waals surface area contributed by atoms with E-state index in [9.17, 15) is 4.79 Å². The molecule has 2 aromatic rings. The van der Waals surface area contributed by atoms with Crippen molar-refractivity contribution >= 4 is 11.7 Å². The summed E-state index contributed by atoms with van der Waals surface area (Å²) in [6.45, 7) is 5.74. The van der Waals surface area contributed by atoms with Crippen LogP contribution in [0.3, 0.4) is 0 Å². The molecule has 0 spiro atoms. The van der Waals surface area contributed by atoms with Gasteiger partial charge < -0.3 is 20.1 Å². The van der Waals surface area contributed by atoms with Crippen LogP contribution >= 0.6 is 0 Å². The summed E-state index contributed by atoms with van der Waals surface area (Å²) in [5.74, 6) is 1.89. The Hall–Kier alpha value is -2.80. The molecule has 141 valence electrons. The minimum absolute atomic E-state index is 0.185. The van der Waals surface area contributed by atoms with Crippen molar-refractivity contribution in [2.75, 3.05) is 44.3 Å². The Bertz CT molecular complexity index is 827. The number of rotatable bonds is 4. The van der Waals surface area contributed by atoms with Crippen LogP contribution in [0.15, 0.2) is 30.3 Å². The van der Waals surface area contributed by atoms with Crippen LogP contribution in [0.4, 0.5) is 5.82 Å². The highest BCUT2D eigenvalue weighted by Crippen LogP contribution is 2.31. The van der Waals surface area contributed by atoms with Crippen molar-refractivity contribution in [1.82, 2.24) is 9.88 Å². The first-order valence-electron chi connectivity index (χ1n) is 9.23. The van der Waals surface area contributed by atoms with E-state index >= 15 is 0 Å². The molecule has 1 amide bonds. The largest absolute Gasteiger partial charge is 0.486 e. The Labute approximate surface area is 158 Å². The number of pyridine rings is 1. The van der Waals surface area contributed by atoms with E-state index in [-0.39, 0.29) is 5.69 Å². The van der Waals surface area contributed by atoms with E-state index in [0.717, 1.165) is 56.5 Å². The van der Waals surface area contributed by atoms with E-state index in [4.69, 9.17) is 15.2 Å². The first kappa shape index (κ1) is 17.6. The number of anilines is 1. The molecule has 1 aromatic heterocycles. The van der Waals surface area contributed by atoms with Crippen LogP contribution in [0.5, 0.6) is 11.5 Å². The predicted octanol–water partition coefficient (Wildman–Crippen LogP) is 1.46. The number of primary amides is 1. The molecule has 2 aliphatic heterocycles. The smallest absolute Gasteiger partial charge is 0.268 e. The Balaban J connectivity index is 1.40. The van der Waals surface area contributed by atoms with Crippen molar-refractivity contribution in [2.45, 2.75) is 13.0 Å². The summed E-state index contributed by atoms with van der Waals surface area (Å²) in [6, 6.07) is 12.5. The third-order valence-electron chi connectivity index (χ3n) is 4.84. The number of aromatic nitrogens is 1. The number of hydrogen-bond donors (Lipinski definition) is 1. The first-order chi connectivity index (χ1) is 13.2. The fourth-order valence-electron chi connectivity index (χ4n) is 3.48. The van der Waals surface area contributed by atoms with Gasteiger partial charge in [0.25, 0.3) is 5.91 Å². The van der Waals surface area contributed by atoms with Gasteiger partial charge in [0.15, 0.2) is 11.5 Å². The standard InChI is InChI=1S/C20H23N4O3/c21-20(25)16-3-1-4-19(22-16)24-8-2-7-23(9-10-24)14-15-5-6-17-18(13-15)27-12-11-26-17/h1,4-6,13H,2,7-12,14H2,(H2,21,25). The Morgan fingerprint density at radius 1 is 1.11 bits per heavy atom. The normalized spacial score (nSPS) is 17.4. The highest BCUT2D eigenvalue weighted by atomic mass is 16.6. The fraction of sp³-hybridized carbons (Fsp3) is 0.400. The highest BCUT2D eigenvalue weighted by Gasteiger charge is 2.18.